The molecule has 0 amide bonds. The molecule has 120 valence electrons. The summed E-state index contributed by atoms with van der Waals surface area (Å²) in [5.74, 6) is 0.431. The van der Waals surface area contributed by atoms with Crippen LogP contribution < -0.4 is 10.9 Å². The fourth-order valence-electron chi connectivity index (χ4n) is 3.85. The number of benzene rings is 1. The van der Waals surface area contributed by atoms with Gasteiger partial charge >= 0.3 is 0 Å². The molecule has 4 rings (SSSR count). The van der Waals surface area contributed by atoms with Gasteiger partial charge in [0.25, 0.3) is 5.56 Å². The number of halogens is 1. The average molecular weight is 314 g/mol. The Morgan fingerprint density at radius 3 is 2.96 bits per heavy atom. The van der Waals surface area contributed by atoms with Gasteiger partial charge in [0, 0.05) is 36.3 Å². The molecule has 1 aromatic carbocycles. The van der Waals surface area contributed by atoms with Crippen molar-refractivity contribution >= 4 is 0 Å². The van der Waals surface area contributed by atoms with E-state index in [0.717, 1.165) is 31.7 Å². The number of hydrogen-bond acceptors (Lipinski definition) is 3. The molecule has 1 fully saturated rings. The highest BCUT2D eigenvalue weighted by Gasteiger charge is 2.31. The Morgan fingerprint density at radius 1 is 1.26 bits per heavy atom. The van der Waals surface area contributed by atoms with Crippen LogP contribution in [-0.2, 0) is 13.2 Å². The molecule has 4 nitrogen and oxygen atoms in total. The predicted molar refractivity (Wildman–Crippen MR) is 85.7 cm³/mol. The molecule has 0 saturated carbocycles. The van der Waals surface area contributed by atoms with Crippen molar-refractivity contribution in [2.75, 3.05) is 13.1 Å². The van der Waals surface area contributed by atoms with E-state index in [-0.39, 0.29) is 18.0 Å². The quantitative estimate of drug-likeness (QED) is 0.889. The molecule has 0 unspecified atom stereocenters. The summed E-state index contributed by atoms with van der Waals surface area (Å²) in [6.45, 7) is 2.40. The van der Waals surface area contributed by atoms with Crippen LogP contribution in [0.4, 0.5) is 4.39 Å². The first-order chi connectivity index (χ1) is 11.2. The summed E-state index contributed by atoms with van der Waals surface area (Å²) < 4.78 is 16.0. The lowest BCUT2D eigenvalue weighted by atomic mass is 9.83. The lowest BCUT2D eigenvalue weighted by Gasteiger charge is -2.37. The molecule has 0 aliphatic carbocycles. The number of piperidine rings is 1. The maximum Gasteiger partial charge on any atom is 0.251 e. The smallest absolute Gasteiger partial charge is 0.251 e. The Hall–Kier alpha value is -1.98. The Morgan fingerprint density at radius 2 is 2.13 bits per heavy atom. The third-order valence-electron chi connectivity index (χ3n) is 4.99. The van der Waals surface area contributed by atoms with Gasteiger partial charge < -0.3 is 15.0 Å². The van der Waals surface area contributed by atoms with Crippen molar-refractivity contribution < 1.29 is 9.50 Å². The van der Waals surface area contributed by atoms with E-state index >= 15 is 0 Å². The van der Waals surface area contributed by atoms with E-state index in [0.29, 0.717) is 28.5 Å². The number of fused-ring (bicyclic) bond motifs is 4. The molecule has 0 spiro atoms. The van der Waals surface area contributed by atoms with Crippen LogP contribution in [0.5, 0.6) is 0 Å². The molecule has 2 atom stereocenters. The largest absolute Gasteiger partial charge is 0.392 e. The summed E-state index contributed by atoms with van der Waals surface area (Å²) in [5, 5.41) is 12.7. The van der Waals surface area contributed by atoms with Gasteiger partial charge in [-0.1, -0.05) is 6.07 Å². The normalized spacial score (nSPS) is 22.7. The Kier molecular flexibility index (Phi) is 3.54. The zero-order valence-corrected chi connectivity index (χ0v) is 12.8. The maximum atomic E-state index is 14.2. The second-order valence-corrected chi connectivity index (χ2v) is 6.55. The van der Waals surface area contributed by atoms with Crippen LogP contribution >= 0.6 is 0 Å². The van der Waals surface area contributed by atoms with Crippen LogP contribution in [0.15, 0.2) is 35.1 Å². The minimum atomic E-state index is -0.373. The minimum absolute atomic E-state index is 0.0668. The predicted octanol–water partition coefficient (Wildman–Crippen LogP) is 1.85. The van der Waals surface area contributed by atoms with Crippen molar-refractivity contribution in [2.24, 2.45) is 5.92 Å². The minimum Gasteiger partial charge on any atom is -0.392 e. The highest BCUT2D eigenvalue weighted by molar-refractivity contribution is 5.65. The van der Waals surface area contributed by atoms with Crippen molar-refractivity contribution in [2.45, 2.75) is 25.5 Å². The van der Waals surface area contributed by atoms with Crippen LogP contribution in [0.25, 0.3) is 11.1 Å². The van der Waals surface area contributed by atoms with Crippen molar-refractivity contribution in [3.8, 4) is 11.1 Å². The monoisotopic (exact) mass is 314 g/mol. The van der Waals surface area contributed by atoms with Crippen LogP contribution in [-0.4, -0.2) is 22.8 Å². The van der Waals surface area contributed by atoms with Crippen molar-refractivity contribution in [1.29, 1.82) is 0 Å². The summed E-state index contributed by atoms with van der Waals surface area (Å²) in [6.07, 6.45) is 1.08. The van der Waals surface area contributed by atoms with Gasteiger partial charge in [-0.25, -0.2) is 4.39 Å². The van der Waals surface area contributed by atoms with Gasteiger partial charge in [-0.15, -0.1) is 0 Å². The summed E-state index contributed by atoms with van der Waals surface area (Å²) in [5.41, 5.74) is 2.53. The first-order valence-electron chi connectivity index (χ1n) is 8.01. The summed E-state index contributed by atoms with van der Waals surface area (Å²) in [7, 11) is 0. The number of nitrogens with zero attached hydrogens (tertiary/aromatic N) is 1. The van der Waals surface area contributed by atoms with Crippen molar-refractivity contribution in [1.82, 2.24) is 9.88 Å². The first-order valence-corrected chi connectivity index (χ1v) is 8.01. The topological polar surface area (TPSA) is 54.3 Å². The second-order valence-electron chi connectivity index (χ2n) is 6.55. The lowest BCUT2D eigenvalue weighted by molar-refractivity contribution is 0.257. The standard InChI is InChI=1S/C18H19FN2O2/c19-16-2-1-11(10-22)4-15(16)13-5-17-14-3-12(7-20-8-14)9-21(17)18(23)6-13/h1-2,4-6,12,14,20,22H,3,7-10H2/t12-,14+/m0/s1. The Labute approximate surface area is 133 Å². The molecule has 2 N–H and O–H groups in total. The number of aliphatic hydroxyl groups excluding tert-OH is 1. The molecule has 5 heteroatoms. The van der Waals surface area contributed by atoms with E-state index in [1.54, 1.807) is 12.1 Å². The van der Waals surface area contributed by atoms with Gasteiger partial charge in [0.15, 0.2) is 0 Å². The molecular weight excluding hydrogens is 295 g/mol. The molecule has 3 heterocycles. The van der Waals surface area contributed by atoms with E-state index in [1.165, 1.54) is 12.1 Å². The van der Waals surface area contributed by atoms with Gasteiger partial charge in [0.05, 0.1) is 6.61 Å². The van der Waals surface area contributed by atoms with Gasteiger partial charge in [-0.2, -0.15) is 0 Å². The molecule has 1 saturated heterocycles. The number of nitrogens with one attached hydrogen (secondary N) is 1. The third-order valence-corrected chi connectivity index (χ3v) is 4.99. The van der Waals surface area contributed by atoms with Crippen LogP contribution in [0.2, 0.25) is 0 Å². The fraction of sp³-hybridized carbons (Fsp3) is 0.389. The number of aromatic nitrogens is 1. The lowest BCUT2D eigenvalue weighted by Crippen LogP contribution is -2.44. The number of aliphatic hydroxyl groups is 1. The molecule has 23 heavy (non-hydrogen) atoms. The van der Waals surface area contributed by atoms with Crippen molar-refractivity contribution in [3.05, 3.63) is 57.8 Å². The van der Waals surface area contributed by atoms with Crippen LogP contribution in [0.3, 0.4) is 0 Å². The first kappa shape index (κ1) is 14.6. The maximum absolute atomic E-state index is 14.2. The van der Waals surface area contributed by atoms with Gasteiger partial charge in [-0.3, -0.25) is 4.79 Å². The van der Waals surface area contributed by atoms with E-state index in [2.05, 4.69) is 5.32 Å². The van der Waals surface area contributed by atoms with E-state index < -0.39 is 0 Å². The van der Waals surface area contributed by atoms with Crippen LogP contribution in [0, 0.1) is 11.7 Å². The number of hydrogen-bond donors (Lipinski definition) is 2. The highest BCUT2D eigenvalue weighted by atomic mass is 19.1. The van der Waals surface area contributed by atoms with Gasteiger partial charge in [0.1, 0.15) is 5.82 Å². The Bertz CT molecular complexity index is 815. The molecule has 2 aromatic rings. The second kappa shape index (κ2) is 5.58. The summed E-state index contributed by atoms with van der Waals surface area (Å²) in [6, 6.07) is 7.97. The number of pyridine rings is 1. The van der Waals surface area contributed by atoms with Crippen LogP contribution in [0.1, 0.15) is 23.6 Å². The fourth-order valence-corrected chi connectivity index (χ4v) is 3.85. The third kappa shape index (κ3) is 2.50. The van der Waals surface area contributed by atoms with E-state index in [1.807, 2.05) is 10.6 Å². The number of rotatable bonds is 2. The van der Waals surface area contributed by atoms with E-state index in [4.69, 9.17) is 0 Å². The zero-order valence-electron chi connectivity index (χ0n) is 12.8. The molecule has 2 aliphatic heterocycles. The summed E-state index contributed by atoms with van der Waals surface area (Å²) >= 11 is 0. The molecule has 2 bridgehead atoms. The van der Waals surface area contributed by atoms with Crippen molar-refractivity contribution in [3.63, 3.8) is 0 Å². The average Bonchev–Trinajstić information content (AvgIpc) is 2.56. The van der Waals surface area contributed by atoms with Gasteiger partial charge in [0.2, 0.25) is 0 Å². The van der Waals surface area contributed by atoms with E-state index in [9.17, 15) is 14.3 Å². The highest BCUT2D eigenvalue weighted by Crippen LogP contribution is 2.34. The molecule has 2 aliphatic rings. The SMILES string of the molecule is O=c1cc(-c2cc(CO)ccc2F)cc2n1C[C@@H]1CNC[C@H]2C1. The Balaban J connectivity index is 1.86. The zero-order chi connectivity index (χ0) is 16.0. The molecule has 0 radical (unpaired) electrons. The summed E-state index contributed by atoms with van der Waals surface area (Å²) in [4.78, 5) is 12.5. The molecule has 1 aromatic heterocycles. The molecular formula is C18H19FN2O2. The van der Waals surface area contributed by atoms with Gasteiger partial charge in [-0.05, 0) is 48.2 Å².